The molecule has 0 bridgehead atoms. The average Bonchev–Trinajstić information content (AvgIpc) is 2.25. The molecule has 2 aromatic rings. The molecule has 1 aromatic carbocycles. The predicted octanol–water partition coefficient (Wildman–Crippen LogP) is 4.50. The van der Waals surface area contributed by atoms with Crippen molar-refractivity contribution in [1.29, 1.82) is 0 Å². The summed E-state index contributed by atoms with van der Waals surface area (Å²) in [5, 5.41) is 6.58. The summed E-state index contributed by atoms with van der Waals surface area (Å²) < 4.78 is 1.03. The summed E-state index contributed by atoms with van der Waals surface area (Å²) in [5.74, 6) is 1.41. The van der Waals surface area contributed by atoms with Crippen LogP contribution in [0.15, 0.2) is 34.8 Å². The van der Waals surface area contributed by atoms with E-state index in [1.807, 2.05) is 37.3 Å². The van der Waals surface area contributed by atoms with Gasteiger partial charge in [0.2, 0.25) is 5.95 Å². The summed E-state index contributed by atoms with van der Waals surface area (Å²) >= 11 is 3.46. The number of hydrogen-bond donors (Lipinski definition) is 2. The van der Waals surface area contributed by atoms with Gasteiger partial charge in [0, 0.05) is 27.5 Å². The van der Waals surface area contributed by atoms with Gasteiger partial charge in [0.05, 0.1) is 0 Å². The molecule has 0 aliphatic heterocycles. The van der Waals surface area contributed by atoms with Gasteiger partial charge in [0.1, 0.15) is 5.82 Å². The van der Waals surface area contributed by atoms with Crippen LogP contribution in [0.4, 0.5) is 17.5 Å². The molecule has 0 saturated carbocycles. The van der Waals surface area contributed by atoms with Crippen LogP contribution in [0.1, 0.15) is 26.5 Å². The highest BCUT2D eigenvalue weighted by Crippen LogP contribution is 2.21. The van der Waals surface area contributed by atoms with Crippen molar-refractivity contribution in [2.24, 2.45) is 0 Å². The fourth-order valence-corrected chi connectivity index (χ4v) is 2.14. The van der Waals surface area contributed by atoms with Gasteiger partial charge in [0.25, 0.3) is 0 Å². The fraction of sp³-hybridized carbons (Fsp3) is 0.333. The number of aryl methyl sites for hydroxylation is 1. The van der Waals surface area contributed by atoms with Crippen molar-refractivity contribution in [2.45, 2.75) is 33.2 Å². The molecular weight excluding hydrogens is 316 g/mol. The summed E-state index contributed by atoms with van der Waals surface area (Å²) in [6.07, 6.45) is 0. The number of nitrogens with zero attached hydrogens (tertiary/aromatic N) is 2. The number of aromatic nitrogens is 2. The molecule has 1 aromatic heterocycles. The van der Waals surface area contributed by atoms with Gasteiger partial charge >= 0.3 is 0 Å². The first kappa shape index (κ1) is 14.8. The molecule has 20 heavy (non-hydrogen) atoms. The third kappa shape index (κ3) is 4.49. The average molecular weight is 335 g/mol. The molecular formula is C15H19BrN4. The molecule has 4 nitrogen and oxygen atoms in total. The maximum absolute atomic E-state index is 4.50. The van der Waals surface area contributed by atoms with E-state index in [1.54, 1.807) is 0 Å². The normalized spacial score (nSPS) is 11.2. The zero-order chi connectivity index (χ0) is 14.8. The van der Waals surface area contributed by atoms with Crippen LogP contribution in [0, 0.1) is 6.92 Å². The van der Waals surface area contributed by atoms with Crippen LogP contribution in [0.2, 0.25) is 0 Å². The molecule has 0 fully saturated rings. The zero-order valence-electron chi connectivity index (χ0n) is 12.2. The van der Waals surface area contributed by atoms with E-state index in [0.717, 1.165) is 21.7 Å². The molecule has 0 aliphatic carbocycles. The van der Waals surface area contributed by atoms with E-state index in [1.165, 1.54) is 0 Å². The maximum atomic E-state index is 4.50. The smallest absolute Gasteiger partial charge is 0.225 e. The molecule has 0 atom stereocenters. The standard InChI is InChI=1S/C15H19BrN4/c1-10-8-13(18-12-7-5-6-11(16)9-12)19-14(17-10)20-15(2,3)4/h5-9H,1-4H3,(H2,17,18,19,20). The van der Waals surface area contributed by atoms with E-state index in [0.29, 0.717) is 5.95 Å². The van der Waals surface area contributed by atoms with Crippen LogP contribution in [-0.2, 0) is 0 Å². The third-order valence-corrected chi connectivity index (χ3v) is 2.93. The lowest BCUT2D eigenvalue weighted by Crippen LogP contribution is -2.27. The van der Waals surface area contributed by atoms with Gasteiger partial charge in [0.15, 0.2) is 0 Å². The van der Waals surface area contributed by atoms with Crippen LogP contribution in [0.5, 0.6) is 0 Å². The Balaban J connectivity index is 2.24. The second-order valence-electron chi connectivity index (χ2n) is 5.73. The van der Waals surface area contributed by atoms with E-state index < -0.39 is 0 Å². The Morgan fingerprint density at radius 1 is 1.10 bits per heavy atom. The Kier molecular flexibility index (Phi) is 4.28. The minimum atomic E-state index is -0.0686. The Hall–Kier alpha value is -1.62. The van der Waals surface area contributed by atoms with Crippen molar-refractivity contribution in [1.82, 2.24) is 9.97 Å². The molecule has 106 valence electrons. The van der Waals surface area contributed by atoms with Crippen molar-refractivity contribution in [2.75, 3.05) is 10.6 Å². The van der Waals surface area contributed by atoms with E-state index in [2.05, 4.69) is 57.3 Å². The van der Waals surface area contributed by atoms with E-state index in [4.69, 9.17) is 0 Å². The molecule has 2 N–H and O–H groups in total. The number of halogens is 1. The van der Waals surface area contributed by atoms with E-state index >= 15 is 0 Å². The fourth-order valence-electron chi connectivity index (χ4n) is 1.74. The molecule has 0 unspecified atom stereocenters. The van der Waals surface area contributed by atoms with Gasteiger partial charge < -0.3 is 10.6 Å². The van der Waals surface area contributed by atoms with Crippen LogP contribution in [0.3, 0.4) is 0 Å². The van der Waals surface area contributed by atoms with Crippen molar-refractivity contribution in [3.63, 3.8) is 0 Å². The molecule has 0 spiro atoms. The number of hydrogen-bond acceptors (Lipinski definition) is 4. The lowest BCUT2D eigenvalue weighted by Gasteiger charge is -2.21. The highest BCUT2D eigenvalue weighted by Gasteiger charge is 2.12. The molecule has 1 heterocycles. The Bertz CT molecular complexity index is 605. The second-order valence-corrected chi connectivity index (χ2v) is 6.64. The number of benzene rings is 1. The molecule has 0 amide bonds. The van der Waals surface area contributed by atoms with Crippen LogP contribution < -0.4 is 10.6 Å². The molecule has 2 rings (SSSR count). The topological polar surface area (TPSA) is 49.8 Å². The van der Waals surface area contributed by atoms with Gasteiger partial charge in [-0.05, 0) is 45.9 Å². The van der Waals surface area contributed by atoms with Crippen molar-refractivity contribution < 1.29 is 0 Å². The summed E-state index contributed by atoms with van der Waals surface area (Å²) in [4.78, 5) is 8.90. The first-order valence-electron chi connectivity index (χ1n) is 6.48. The summed E-state index contributed by atoms with van der Waals surface area (Å²) in [6, 6.07) is 9.90. The maximum Gasteiger partial charge on any atom is 0.225 e. The highest BCUT2D eigenvalue weighted by molar-refractivity contribution is 9.10. The lowest BCUT2D eigenvalue weighted by molar-refractivity contribution is 0.625. The quantitative estimate of drug-likeness (QED) is 0.867. The van der Waals surface area contributed by atoms with Gasteiger partial charge in [-0.2, -0.15) is 4.98 Å². The monoisotopic (exact) mass is 334 g/mol. The number of nitrogens with one attached hydrogen (secondary N) is 2. The van der Waals surface area contributed by atoms with Gasteiger partial charge in [-0.3, -0.25) is 0 Å². The van der Waals surface area contributed by atoms with Gasteiger partial charge in [-0.1, -0.05) is 22.0 Å². The number of anilines is 3. The number of rotatable bonds is 3. The largest absolute Gasteiger partial charge is 0.350 e. The van der Waals surface area contributed by atoms with Crippen LogP contribution in [0.25, 0.3) is 0 Å². The highest BCUT2D eigenvalue weighted by atomic mass is 79.9. The third-order valence-electron chi connectivity index (χ3n) is 2.44. The lowest BCUT2D eigenvalue weighted by atomic mass is 10.1. The van der Waals surface area contributed by atoms with Crippen LogP contribution in [-0.4, -0.2) is 15.5 Å². The summed E-state index contributed by atoms with van der Waals surface area (Å²) in [5.41, 5.74) is 1.84. The Morgan fingerprint density at radius 2 is 1.85 bits per heavy atom. The van der Waals surface area contributed by atoms with Gasteiger partial charge in [-0.25, -0.2) is 4.98 Å². The van der Waals surface area contributed by atoms with E-state index in [-0.39, 0.29) is 5.54 Å². The minimum Gasteiger partial charge on any atom is -0.350 e. The van der Waals surface area contributed by atoms with Crippen LogP contribution >= 0.6 is 15.9 Å². The second kappa shape index (κ2) is 5.79. The van der Waals surface area contributed by atoms with Gasteiger partial charge in [-0.15, -0.1) is 0 Å². The summed E-state index contributed by atoms with van der Waals surface area (Å²) in [7, 11) is 0. The minimum absolute atomic E-state index is 0.0686. The Morgan fingerprint density at radius 3 is 2.50 bits per heavy atom. The molecule has 0 radical (unpaired) electrons. The molecule has 5 heteroatoms. The van der Waals surface area contributed by atoms with Crippen molar-refractivity contribution in [3.05, 3.63) is 40.5 Å². The SMILES string of the molecule is Cc1cc(Nc2cccc(Br)c2)nc(NC(C)(C)C)n1. The molecule has 0 aliphatic rings. The first-order valence-corrected chi connectivity index (χ1v) is 7.28. The predicted molar refractivity (Wildman–Crippen MR) is 87.6 cm³/mol. The Labute approximate surface area is 128 Å². The van der Waals surface area contributed by atoms with Crippen molar-refractivity contribution >= 4 is 33.4 Å². The first-order chi connectivity index (χ1) is 9.32. The summed E-state index contributed by atoms with van der Waals surface area (Å²) in [6.45, 7) is 8.21. The molecule has 0 saturated heterocycles. The zero-order valence-corrected chi connectivity index (χ0v) is 13.7. The van der Waals surface area contributed by atoms with E-state index in [9.17, 15) is 0 Å². The van der Waals surface area contributed by atoms with Crippen molar-refractivity contribution in [3.8, 4) is 0 Å².